The Labute approximate surface area is 173 Å². The van der Waals surface area contributed by atoms with Crippen molar-refractivity contribution in [1.29, 1.82) is 5.26 Å². The van der Waals surface area contributed by atoms with Gasteiger partial charge in [0.05, 0.1) is 17.3 Å². The molecule has 0 unspecified atom stereocenters. The first-order valence-electron chi connectivity index (χ1n) is 9.97. The van der Waals surface area contributed by atoms with Crippen LogP contribution >= 0.6 is 12.4 Å². The predicted octanol–water partition coefficient (Wildman–Crippen LogP) is 3.28. The number of halogens is 2. The second kappa shape index (κ2) is 10.1. The van der Waals surface area contributed by atoms with Gasteiger partial charge in [0.25, 0.3) is 0 Å². The van der Waals surface area contributed by atoms with Gasteiger partial charge in [0.15, 0.2) is 0 Å². The van der Waals surface area contributed by atoms with Crippen LogP contribution < -0.4 is 4.90 Å². The van der Waals surface area contributed by atoms with Crippen molar-refractivity contribution in [3.05, 3.63) is 29.6 Å². The van der Waals surface area contributed by atoms with Crippen LogP contribution in [0.5, 0.6) is 0 Å². The molecular weight excluding hydrogens is 379 g/mol. The first-order chi connectivity index (χ1) is 13.0. The molecule has 0 atom stereocenters. The number of benzene rings is 1. The van der Waals surface area contributed by atoms with E-state index >= 15 is 0 Å². The second-order valence-electron chi connectivity index (χ2n) is 7.85. The summed E-state index contributed by atoms with van der Waals surface area (Å²) >= 11 is 0. The highest BCUT2D eigenvalue weighted by Gasteiger charge is 2.30. The van der Waals surface area contributed by atoms with E-state index < -0.39 is 0 Å². The summed E-state index contributed by atoms with van der Waals surface area (Å²) in [5, 5.41) is 8.87. The number of anilines is 1. The van der Waals surface area contributed by atoms with Crippen molar-refractivity contribution in [3.63, 3.8) is 0 Å². The van der Waals surface area contributed by atoms with Gasteiger partial charge in [0.2, 0.25) is 5.91 Å². The number of carbonyl (C=O) groups excluding carboxylic acids is 1. The zero-order valence-corrected chi connectivity index (χ0v) is 17.6. The fraction of sp³-hybridized carbons (Fsp3) is 0.619. The molecule has 0 bridgehead atoms. The van der Waals surface area contributed by atoms with Gasteiger partial charge < -0.3 is 9.80 Å². The molecule has 3 rings (SSSR count). The summed E-state index contributed by atoms with van der Waals surface area (Å²) in [6.45, 7) is 9.39. The molecule has 2 aliphatic rings. The van der Waals surface area contributed by atoms with Crippen LogP contribution in [-0.4, -0.2) is 61.0 Å². The summed E-state index contributed by atoms with van der Waals surface area (Å²) < 4.78 is 14.2. The average Bonchev–Trinajstić information content (AvgIpc) is 2.94. The van der Waals surface area contributed by atoms with Gasteiger partial charge in [-0.2, -0.15) is 5.26 Å². The van der Waals surface area contributed by atoms with Crippen LogP contribution in [0.2, 0.25) is 0 Å². The lowest BCUT2D eigenvalue weighted by atomic mass is 9.94. The summed E-state index contributed by atoms with van der Waals surface area (Å²) in [5.74, 6) is -0.0611. The largest absolute Gasteiger partial charge is 0.369 e. The molecule has 0 saturated carbocycles. The van der Waals surface area contributed by atoms with E-state index in [4.69, 9.17) is 5.26 Å². The average molecular weight is 409 g/mol. The minimum absolute atomic E-state index is 0. The maximum atomic E-state index is 14.2. The van der Waals surface area contributed by atoms with Crippen LogP contribution in [0.15, 0.2) is 18.2 Å². The predicted molar refractivity (Wildman–Crippen MR) is 111 cm³/mol. The number of nitriles is 1. The molecule has 7 heteroatoms. The Bertz CT molecular complexity index is 713. The minimum atomic E-state index is -0.361. The number of carbonyl (C=O) groups is 1. The van der Waals surface area contributed by atoms with Crippen molar-refractivity contribution < 1.29 is 9.18 Å². The Balaban J connectivity index is 0.00000280. The Kier molecular flexibility index (Phi) is 8.09. The molecule has 2 saturated heterocycles. The van der Waals surface area contributed by atoms with Gasteiger partial charge in [-0.1, -0.05) is 0 Å². The molecule has 154 valence electrons. The first kappa shape index (κ1) is 22.4. The van der Waals surface area contributed by atoms with Crippen LogP contribution in [0.4, 0.5) is 10.1 Å². The molecule has 2 aliphatic heterocycles. The van der Waals surface area contributed by atoms with Crippen molar-refractivity contribution in [1.82, 2.24) is 9.80 Å². The van der Waals surface area contributed by atoms with E-state index in [0.717, 1.165) is 45.4 Å². The third-order valence-corrected chi connectivity index (χ3v) is 5.83. The van der Waals surface area contributed by atoms with Gasteiger partial charge in [0.1, 0.15) is 5.82 Å². The standard InChI is InChI=1S/C21H29FN4O.ClH/c1-16(2)24-8-3-9-26(13-12-24)21(27)18-6-10-25(11-7-18)20-5-4-17(15-23)14-19(20)22;/h4-5,14,16,18H,3,6-13H2,1-2H3;1H. The van der Waals surface area contributed by atoms with Crippen molar-refractivity contribution in [2.75, 3.05) is 44.2 Å². The van der Waals surface area contributed by atoms with Crippen LogP contribution in [0.25, 0.3) is 0 Å². The van der Waals surface area contributed by atoms with Crippen molar-refractivity contribution >= 4 is 24.0 Å². The van der Waals surface area contributed by atoms with E-state index in [9.17, 15) is 9.18 Å². The normalized spacial score (nSPS) is 19.1. The van der Waals surface area contributed by atoms with Crippen LogP contribution in [0.1, 0.15) is 38.7 Å². The van der Waals surface area contributed by atoms with E-state index in [0.29, 0.717) is 30.4 Å². The summed E-state index contributed by atoms with van der Waals surface area (Å²) in [6.07, 6.45) is 2.53. The van der Waals surface area contributed by atoms with E-state index in [2.05, 4.69) is 18.7 Å². The Hall–Kier alpha value is -1.84. The molecule has 1 aromatic carbocycles. The fourth-order valence-corrected chi connectivity index (χ4v) is 4.13. The van der Waals surface area contributed by atoms with Crippen molar-refractivity contribution in [3.8, 4) is 6.07 Å². The summed E-state index contributed by atoms with van der Waals surface area (Å²) in [7, 11) is 0. The van der Waals surface area contributed by atoms with Crippen LogP contribution in [-0.2, 0) is 4.79 Å². The maximum absolute atomic E-state index is 14.2. The fourth-order valence-electron chi connectivity index (χ4n) is 4.13. The maximum Gasteiger partial charge on any atom is 0.225 e. The molecule has 0 radical (unpaired) electrons. The zero-order valence-electron chi connectivity index (χ0n) is 16.7. The Morgan fingerprint density at radius 2 is 1.86 bits per heavy atom. The monoisotopic (exact) mass is 408 g/mol. The molecule has 5 nitrogen and oxygen atoms in total. The molecule has 0 aromatic heterocycles. The number of hydrogen-bond acceptors (Lipinski definition) is 4. The lowest BCUT2D eigenvalue weighted by Gasteiger charge is -2.35. The van der Waals surface area contributed by atoms with Gasteiger partial charge in [-0.05, 0) is 51.3 Å². The molecule has 2 fully saturated rings. The van der Waals surface area contributed by atoms with Gasteiger partial charge in [-0.3, -0.25) is 9.69 Å². The summed E-state index contributed by atoms with van der Waals surface area (Å²) in [4.78, 5) is 19.4. The SMILES string of the molecule is CC(C)N1CCCN(C(=O)C2CCN(c3ccc(C#N)cc3F)CC2)CC1.Cl. The number of rotatable bonds is 3. The van der Waals surface area contributed by atoms with Crippen molar-refractivity contribution in [2.24, 2.45) is 5.92 Å². The third-order valence-electron chi connectivity index (χ3n) is 5.83. The van der Waals surface area contributed by atoms with Gasteiger partial charge in [0, 0.05) is 51.2 Å². The van der Waals surface area contributed by atoms with Crippen LogP contribution in [0, 0.1) is 23.1 Å². The number of hydrogen-bond donors (Lipinski definition) is 0. The first-order valence-corrected chi connectivity index (χ1v) is 9.97. The van der Waals surface area contributed by atoms with E-state index in [1.54, 1.807) is 12.1 Å². The molecular formula is C21H30ClFN4O. The minimum Gasteiger partial charge on any atom is -0.369 e. The lowest BCUT2D eigenvalue weighted by molar-refractivity contribution is -0.136. The zero-order chi connectivity index (χ0) is 19.4. The van der Waals surface area contributed by atoms with Gasteiger partial charge in [-0.25, -0.2) is 4.39 Å². The number of nitrogens with zero attached hydrogens (tertiary/aromatic N) is 4. The van der Waals surface area contributed by atoms with E-state index in [1.807, 2.05) is 15.9 Å². The van der Waals surface area contributed by atoms with Gasteiger partial charge in [-0.15, -0.1) is 12.4 Å². The summed E-state index contributed by atoms with van der Waals surface area (Å²) in [6, 6.07) is 7.08. The molecule has 0 aliphatic carbocycles. The third kappa shape index (κ3) is 5.15. The lowest BCUT2D eigenvalue weighted by Crippen LogP contribution is -2.44. The smallest absolute Gasteiger partial charge is 0.225 e. The molecule has 0 N–H and O–H groups in total. The summed E-state index contributed by atoms with van der Waals surface area (Å²) in [5.41, 5.74) is 0.861. The number of piperidine rings is 1. The highest BCUT2D eigenvalue weighted by atomic mass is 35.5. The van der Waals surface area contributed by atoms with E-state index in [-0.39, 0.29) is 30.0 Å². The van der Waals surface area contributed by atoms with E-state index in [1.165, 1.54) is 6.07 Å². The van der Waals surface area contributed by atoms with Crippen LogP contribution in [0.3, 0.4) is 0 Å². The quantitative estimate of drug-likeness (QED) is 0.770. The highest BCUT2D eigenvalue weighted by Crippen LogP contribution is 2.27. The highest BCUT2D eigenvalue weighted by molar-refractivity contribution is 5.85. The Morgan fingerprint density at radius 1 is 1.14 bits per heavy atom. The molecule has 1 amide bonds. The molecule has 1 aromatic rings. The molecule has 28 heavy (non-hydrogen) atoms. The molecule has 0 spiro atoms. The second-order valence-corrected chi connectivity index (χ2v) is 7.85. The Morgan fingerprint density at radius 3 is 2.46 bits per heavy atom. The van der Waals surface area contributed by atoms with Crippen molar-refractivity contribution in [2.45, 2.75) is 39.2 Å². The van der Waals surface area contributed by atoms with Gasteiger partial charge >= 0.3 is 0 Å². The number of amides is 1. The molecule has 2 heterocycles. The topological polar surface area (TPSA) is 50.6 Å².